The van der Waals surface area contributed by atoms with Crippen LogP contribution >= 0.6 is 11.3 Å². The zero-order valence-electron chi connectivity index (χ0n) is 19.8. The molecular weight excluding hydrogens is 487 g/mol. The van der Waals surface area contributed by atoms with Gasteiger partial charge < -0.3 is 9.30 Å². The summed E-state index contributed by atoms with van der Waals surface area (Å²) < 4.78 is 48.4. The van der Waals surface area contributed by atoms with E-state index in [-0.39, 0.29) is 18.2 Å². The molecule has 0 spiro atoms. The van der Waals surface area contributed by atoms with Gasteiger partial charge in [0.05, 0.1) is 29.4 Å². The van der Waals surface area contributed by atoms with Crippen LogP contribution < -0.4 is 10.3 Å². The standard InChI is InChI=1S/C27H22F3N3O2S/c1-16(2)25-32-22(17(3)36-25)15-33-23(14-21(27(28,29)30)24(31-4)26(33)34)18-10-12-20(13-11-18)35-19-8-6-5-7-9-19/h5-14,16H,15H2,1-3H3. The first-order chi connectivity index (χ1) is 17.1. The lowest BCUT2D eigenvalue weighted by Crippen LogP contribution is -2.25. The minimum atomic E-state index is -4.86. The number of alkyl halides is 3. The highest BCUT2D eigenvalue weighted by Crippen LogP contribution is 2.38. The smallest absolute Gasteiger partial charge is 0.407 e. The van der Waals surface area contributed by atoms with E-state index in [4.69, 9.17) is 11.3 Å². The molecule has 0 fully saturated rings. The van der Waals surface area contributed by atoms with E-state index in [2.05, 4.69) is 9.83 Å². The fourth-order valence-electron chi connectivity index (χ4n) is 3.67. The number of ether oxygens (including phenoxy) is 1. The van der Waals surface area contributed by atoms with Crippen molar-refractivity contribution in [2.45, 2.75) is 39.4 Å². The molecule has 5 nitrogen and oxygen atoms in total. The van der Waals surface area contributed by atoms with Gasteiger partial charge in [0.15, 0.2) is 0 Å². The molecule has 0 saturated carbocycles. The van der Waals surface area contributed by atoms with Gasteiger partial charge in [-0.2, -0.15) is 13.2 Å². The summed E-state index contributed by atoms with van der Waals surface area (Å²) in [6, 6.07) is 16.4. The molecule has 9 heteroatoms. The molecule has 36 heavy (non-hydrogen) atoms. The van der Waals surface area contributed by atoms with Crippen molar-refractivity contribution >= 4 is 17.0 Å². The summed E-state index contributed by atoms with van der Waals surface area (Å²) in [4.78, 5) is 21.7. The van der Waals surface area contributed by atoms with Gasteiger partial charge in [0.25, 0.3) is 11.2 Å². The Labute approximate surface area is 210 Å². The van der Waals surface area contributed by atoms with Crippen molar-refractivity contribution in [2.24, 2.45) is 0 Å². The van der Waals surface area contributed by atoms with Gasteiger partial charge in [-0.05, 0) is 55.0 Å². The van der Waals surface area contributed by atoms with Crippen LogP contribution in [0.15, 0.2) is 65.5 Å². The lowest BCUT2D eigenvalue weighted by Gasteiger charge is -2.18. The van der Waals surface area contributed by atoms with E-state index in [1.165, 1.54) is 15.9 Å². The van der Waals surface area contributed by atoms with Gasteiger partial charge in [0.2, 0.25) is 0 Å². The number of benzene rings is 2. The summed E-state index contributed by atoms with van der Waals surface area (Å²) in [5, 5.41) is 0.872. The van der Waals surface area contributed by atoms with E-state index < -0.39 is 23.0 Å². The number of thiazole rings is 1. The van der Waals surface area contributed by atoms with E-state index in [1.807, 2.05) is 39.0 Å². The number of rotatable bonds is 6. The number of halogens is 3. The zero-order chi connectivity index (χ0) is 26.0. The molecule has 2 aromatic carbocycles. The zero-order valence-corrected chi connectivity index (χ0v) is 20.6. The Morgan fingerprint density at radius 3 is 2.28 bits per heavy atom. The molecule has 0 atom stereocenters. The number of para-hydroxylation sites is 1. The molecule has 0 saturated heterocycles. The highest BCUT2D eigenvalue weighted by Gasteiger charge is 2.36. The van der Waals surface area contributed by atoms with E-state index in [9.17, 15) is 18.0 Å². The molecule has 0 unspecified atom stereocenters. The number of pyridine rings is 1. The Balaban J connectivity index is 1.84. The predicted octanol–water partition coefficient (Wildman–Crippen LogP) is 7.81. The minimum absolute atomic E-state index is 0.0458. The largest absolute Gasteiger partial charge is 0.457 e. The van der Waals surface area contributed by atoms with E-state index >= 15 is 0 Å². The summed E-state index contributed by atoms with van der Waals surface area (Å²) >= 11 is 1.49. The van der Waals surface area contributed by atoms with E-state index in [1.54, 1.807) is 36.4 Å². The second kappa shape index (κ2) is 9.99. The van der Waals surface area contributed by atoms with Crippen molar-refractivity contribution in [1.82, 2.24) is 9.55 Å². The second-order valence-electron chi connectivity index (χ2n) is 8.44. The Kier molecular flexibility index (Phi) is 7.00. The molecule has 0 aliphatic carbocycles. The second-order valence-corrected chi connectivity index (χ2v) is 9.68. The van der Waals surface area contributed by atoms with Crippen molar-refractivity contribution in [3.05, 3.63) is 104 Å². The Hall–Kier alpha value is -3.90. The maximum atomic E-state index is 13.8. The summed E-state index contributed by atoms with van der Waals surface area (Å²) in [5.74, 6) is 1.27. The van der Waals surface area contributed by atoms with Crippen LogP contribution in [0.2, 0.25) is 0 Å². The Morgan fingerprint density at radius 2 is 1.72 bits per heavy atom. The summed E-state index contributed by atoms with van der Waals surface area (Å²) in [6.07, 6.45) is -4.86. The topological polar surface area (TPSA) is 48.5 Å². The van der Waals surface area contributed by atoms with E-state index in [0.29, 0.717) is 22.8 Å². The molecular formula is C27H22F3N3O2S. The number of aromatic nitrogens is 2. The molecule has 0 radical (unpaired) electrons. The number of hydrogen-bond acceptors (Lipinski definition) is 4. The Morgan fingerprint density at radius 1 is 1.08 bits per heavy atom. The molecule has 0 N–H and O–H groups in total. The SMILES string of the molecule is [C-]#[N+]c1c(C(F)(F)F)cc(-c2ccc(Oc3ccccc3)cc2)n(Cc2nc(C(C)C)sc2C)c1=O. The van der Waals surface area contributed by atoms with Crippen molar-refractivity contribution < 1.29 is 17.9 Å². The van der Waals surface area contributed by atoms with Crippen molar-refractivity contribution in [1.29, 1.82) is 0 Å². The molecule has 0 bridgehead atoms. The quantitative estimate of drug-likeness (QED) is 0.249. The van der Waals surface area contributed by atoms with Gasteiger partial charge in [-0.15, -0.1) is 11.3 Å². The average Bonchev–Trinajstić information content (AvgIpc) is 3.21. The summed E-state index contributed by atoms with van der Waals surface area (Å²) in [5.41, 5.74) is -2.19. The third-order valence-electron chi connectivity index (χ3n) is 5.53. The third kappa shape index (κ3) is 5.19. The van der Waals surface area contributed by atoms with Crippen LogP contribution in [-0.2, 0) is 12.7 Å². The van der Waals surface area contributed by atoms with Crippen LogP contribution in [0.4, 0.5) is 18.9 Å². The van der Waals surface area contributed by atoms with Gasteiger partial charge in [-0.3, -0.25) is 4.79 Å². The lowest BCUT2D eigenvalue weighted by atomic mass is 10.1. The lowest BCUT2D eigenvalue weighted by molar-refractivity contribution is -0.136. The van der Waals surface area contributed by atoms with Crippen LogP contribution in [0.1, 0.15) is 40.9 Å². The van der Waals surface area contributed by atoms with Crippen LogP contribution in [-0.4, -0.2) is 9.55 Å². The van der Waals surface area contributed by atoms with Gasteiger partial charge in [-0.1, -0.05) is 32.0 Å². The molecule has 4 rings (SSSR count). The maximum absolute atomic E-state index is 13.8. The molecule has 4 aromatic rings. The molecule has 0 aliphatic rings. The number of hydrogen-bond donors (Lipinski definition) is 0. The third-order valence-corrected chi connectivity index (χ3v) is 6.85. The molecule has 2 heterocycles. The van der Waals surface area contributed by atoms with Crippen LogP contribution in [0.3, 0.4) is 0 Å². The summed E-state index contributed by atoms with van der Waals surface area (Å²) in [7, 11) is 0. The van der Waals surface area contributed by atoms with E-state index in [0.717, 1.165) is 16.0 Å². The maximum Gasteiger partial charge on any atom is 0.407 e. The highest BCUT2D eigenvalue weighted by atomic mass is 32.1. The van der Waals surface area contributed by atoms with Crippen molar-refractivity contribution in [3.8, 4) is 22.8 Å². The molecule has 184 valence electrons. The average molecular weight is 510 g/mol. The van der Waals surface area contributed by atoms with Gasteiger partial charge in [0.1, 0.15) is 11.5 Å². The minimum Gasteiger partial charge on any atom is -0.457 e. The van der Waals surface area contributed by atoms with Crippen molar-refractivity contribution in [3.63, 3.8) is 0 Å². The van der Waals surface area contributed by atoms with Gasteiger partial charge >= 0.3 is 6.18 Å². The fourth-order valence-corrected chi connectivity index (χ4v) is 4.60. The Bertz CT molecular complexity index is 1480. The van der Waals surface area contributed by atoms with Gasteiger partial charge in [-0.25, -0.2) is 9.83 Å². The van der Waals surface area contributed by atoms with Crippen LogP contribution in [0, 0.1) is 13.5 Å². The monoisotopic (exact) mass is 509 g/mol. The first kappa shape index (κ1) is 25.2. The van der Waals surface area contributed by atoms with Crippen molar-refractivity contribution in [2.75, 3.05) is 0 Å². The van der Waals surface area contributed by atoms with Crippen LogP contribution in [0.25, 0.3) is 16.1 Å². The first-order valence-corrected chi connectivity index (χ1v) is 11.9. The number of nitrogens with zero attached hydrogens (tertiary/aromatic N) is 3. The summed E-state index contributed by atoms with van der Waals surface area (Å²) in [6.45, 7) is 13.1. The highest BCUT2D eigenvalue weighted by molar-refractivity contribution is 7.11. The normalized spacial score (nSPS) is 11.5. The molecule has 2 aromatic heterocycles. The fraction of sp³-hybridized carbons (Fsp3) is 0.222. The number of aryl methyl sites for hydroxylation is 1. The molecule has 0 aliphatic heterocycles. The van der Waals surface area contributed by atoms with Crippen LogP contribution in [0.5, 0.6) is 11.5 Å². The predicted molar refractivity (Wildman–Crippen MR) is 134 cm³/mol. The first-order valence-electron chi connectivity index (χ1n) is 11.1. The van der Waals surface area contributed by atoms with Gasteiger partial charge in [0, 0.05) is 16.5 Å². The molecule has 0 amide bonds.